The van der Waals surface area contributed by atoms with E-state index >= 15 is 0 Å². The van der Waals surface area contributed by atoms with E-state index in [9.17, 15) is 28.8 Å². The topological polar surface area (TPSA) is 222 Å². The van der Waals surface area contributed by atoms with Crippen LogP contribution in [-0.2, 0) is 52.3 Å². The number of carbonyl (C=O) groups is 6. The number of carbonyl (C=O) groups excluding carboxylic acids is 6. The molecule has 86 heavy (non-hydrogen) atoms. The predicted octanol–water partition coefficient (Wildman–Crippen LogP) is 11.0. The van der Waals surface area contributed by atoms with Crippen molar-refractivity contribution in [2.24, 2.45) is 11.8 Å². The Morgan fingerprint density at radius 1 is 0.360 bits per heavy atom. The minimum atomic E-state index is -0.583. The van der Waals surface area contributed by atoms with Crippen molar-refractivity contribution in [2.45, 2.75) is 40.5 Å². The zero-order valence-electron chi connectivity index (χ0n) is 49.4. The minimum absolute atomic E-state index is 0.0534. The van der Waals surface area contributed by atoms with E-state index in [2.05, 4.69) is 6.58 Å². The minimum Gasteiger partial charge on any atom is -0.497 e. The fraction of sp³-hybridized carbons (Fsp3) is 0.343. The van der Waals surface area contributed by atoms with E-state index in [1.54, 1.807) is 116 Å². The van der Waals surface area contributed by atoms with Crippen LogP contribution in [-0.4, -0.2) is 135 Å². The lowest BCUT2D eigenvalue weighted by Gasteiger charge is -2.10. The van der Waals surface area contributed by atoms with Gasteiger partial charge in [0.25, 0.3) is 0 Å². The molecule has 19 nitrogen and oxygen atoms in total. The van der Waals surface area contributed by atoms with Crippen LogP contribution in [0.4, 0.5) is 0 Å². The van der Waals surface area contributed by atoms with E-state index < -0.39 is 23.9 Å². The number of hydrogen-bond donors (Lipinski definition) is 0. The molecule has 0 aliphatic heterocycles. The summed E-state index contributed by atoms with van der Waals surface area (Å²) < 4.78 is 69.3. The van der Waals surface area contributed by atoms with Crippen molar-refractivity contribution >= 4 is 35.8 Å². The second-order valence-corrected chi connectivity index (χ2v) is 18.8. The molecule has 0 fully saturated rings. The average molecular weight is 1190 g/mol. The average Bonchev–Trinajstić information content (AvgIpc) is 3.74. The van der Waals surface area contributed by atoms with E-state index in [1.807, 2.05) is 64.1 Å². The molecule has 0 saturated carbocycles. The van der Waals surface area contributed by atoms with Gasteiger partial charge in [0.2, 0.25) is 0 Å². The standard InChI is InChI=1S/C36H40O11.C31H36O8/c1-4-26(3)34(38)45-23-21-42-19-18-41-20-22-43-31-14-12-30(13-15-31)36(40)47-32-16-10-28(11-17-32)27-6-8-29(9-7-27)35(39)46-25-24-44-33(37)5-2;1-4-23(2)30(32)38-22-20-36-18-17-35-19-21-37-28-13-9-26(10-14-28)31(33)39-29-15-7-25(8-16-29)24-5-11-27(34-3)12-6-24/h5-17,26H,2,4,18-25H2,1,3H3;5-16,23H,4,17-22H2,1-3H3. The molecule has 0 saturated heterocycles. The number of esters is 6. The molecule has 6 rings (SSSR count). The Morgan fingerprint density at radius 3 is 1.01 bits per heavy atom. The maximum atomic E-state index is 12.6. The summed E-state index contributed by atoms with van der Waals surface area (Å²) in [6, 6.07) is 42.3. The highest BCUT2D eigenvalue weighted by molar-refractivity contribution is 5.92. The normalized spacial score (nSPS) is 11.3. The van der Waals surface area contributed by atoms with E-state index in [4.69, 9.17) is 61.6 Å². The highest BCUT2D eigenvalue weighted by Gasteiger charge is 2.15. The first-order valence-electron chi connectivity index (χ1n) is 28.3. The lowest BCUT2D eigenvalue weighted by Crippen LogP contribution is -2.18. The van der Waals surface area contributed by atoms with Gasteiger partial charge >= 0.3 is 35.8 Å². The van der Waals surface area contributed by atoms with Crippen molar-refractivity contribution < 1.29 is 90.3 Å². The van der Waals surface area contributed by atoms with E-state index in [1.165, 1.54) is 0 Å². The van der Waals surface area contributed by atoms with Crippen LogP contribution in [0.5, 0.6) is 28.7 Å². The summed E-state index contributed by atoms with van der Waals surface area (Å²) in [5.74, 6) is 0.167. The second kappa shape index (κ2) is 38.9. The van der Waals surface area contributed by atoms with Gasteiger partial charge in [-0.2, -0.15) is 0 Å². The second-order valence-electron chi connectivity index (χ2n) is 18.8. The van der Waals surface area contributed by atoms with Crippen LogP contribution in [0.1, 0.15) is 71.6 Å². The Bertz CT molecular complexity index is 2980. The van der Waals surface area contributed by atoms with Gasteiger partial charge < -0.3 is 61.6 Å². The Balaban J connectivity index is 0.000000319. The molecule has 0 radical (unpaired) electrons. The SMILES string of the molecule is C=CC(=O)OCCOC(=O)c1ccc(-c2ccc(OC(=O)c3ccc(OCCOCCOCCOC(=O)C(C)CC)cc3)cc2)cc1.CCC(C)C(=O)OCCOCCOCCOc1ccc(C(=O)Oc2ccc(-c3ccc(OC)cc3)cc2)cc1. The molecular weight excluding hydrogens is 1110 g/mol. The van der Waals surface area contributed by atoms with Crippen molar-refractivity contribution in [3.63, 3.8) is 0 Å². The molecule has 0 N–H and O–H groups in total. The van der Waals surface area contributed by atoms with Crippen LogP contribution in [0.25, 0.3) is 22.3 Å². The van der Waals surface area contributed by atoms with Crippen LogP contribution < -0.4 is 23.7 Å². The van der Waals surface area contributed by atoms with Gasteiger partial charge in [0.1, 0.15) is 68.4 Å². The molecule has 0 bridgehead atoms. The van der Waals surface area contributed by atoms with Crippen LogP contribution in [0.15, 0.2) is 158 Å². The molecular formula is C67H76O19. The van der Waals surface area contributed by atoms with Gasteiger partial charge in [0.05, 0.1) is 88.5 Å². The molecule has 0 spiro atoms. The zero-order chi connectivity index (χ0) is 61.7. The Morgan fingerprint density at radius 2 is 0.651 bits per heavy atom. The molecule has 6 aromatic carbocycles. The zero-order valence-corrected chi connectivity index (χ0v) is 49.4. The first-order valence-corrected chi connectivity index (χ1v) is 28.3. The summed E-state index contributed by atoms with van der Waals surface area (Å²) in [5.41, 5.74) is 4.91. The van der Waals surface area contributed by atoms with Crippen LogP contribution in [0.3, 0.4) is 0 Å². The van der Waals surface area contributed by atoms with E-state index in [0.29, 0.717) is 106 Å². The van der Waals surface area contributed by atoms with Gasteiger partial charge in [-0.25, -0.2) is 19.2 Å². The highest BCUT2D eigenvalue weighted by atomic mass is 16.6. The fourth-order valence-electron chi connectivity index (χ4n) is 7.24. The van der Waals surface area contributed by atoms with Crippen molar-refractivity contribution in [1.29, 1.82) is 0 Å². The summed E-state index contributed by atoms with van der Waals surface area (Å²) in [6.07, 6.45) is 2.54. The van der Waals surface area contributed by atoms with Gasteiger partial charge in [-0.05, 0) is 132 Å². The molecule has 6 aromatic rings. The smallest absolute Gasteiger partial charge is 0.343 e. The Labute approximate surface area is 502 Å². The molecule has 0 aliphatic rings. The summed E-state index contributed by atoms with van der Waals surface area (Å²) in [4.78, 5) is 71.5. The first-order chi connectivity index (χ1) is 41.8. The van der Waals surface area contributed by atoms with Crippen molar-refractivity contribution in [3.8, 4) is 51.0 Å². The molecule has 19 heteroatoms. The Kier molecular flexibility index (Phi) is 30.7. The van der Waals surface area contributed by atoms with E-state index in [0.717, 1.165) is 46.9 Å². The lowest BCUT2D eigenvalue weighted by molar-refractivity contribution is -0.150. The Hall–Kier alpha value is -8.88. The molecule has 0 amide bonds. The monoisotopic (exact) mass is 1180 g/mol. The van der Waals surface area contributed by atoms with Gasteiger partial charge in [-0.3, -0.25) is 9.59 Å². The summed E-state index contributed by atoms with van der Waals surface area (Å²) in [5, 5.41) is 0. The molecule has 0 aromatic heterocycles. The van der Waals surface area contributed by atoms with Crippen molar-refractivity contribution in [3.05, 3.63) is 175 Å². The summed E-state index contributed by atoms with van der Waals surface area (Å²) in [7, 11) is 1.63. The first kappa shape index (κ1) is 67.9. The third-order valence-corrected chi connectivity index (χ3v) is 12.6. The summed E-state index contributed by atoms with van der Waals surface area (Å²) in [6.45, 7) is 14.9. The van der Waals surface area contributed by atoms with Gasteiger partial charge in [-0.15, -0.1) is 0 Å². The third kappa shape index (κ3) is 25.1. The molecule has 0 heterocycles. The van der Waals surface area contributed by atoms with Crippen LogP contribution >= 0.6 is 0 Å². The number of benzene rings is 6. The van der Waals surface area contributed by atoms with Crippen LogP contribution in [0.2, 0.25) is 0 Å². The van der Waals surface area contributed by atoms with Gasteiger partial charge in [0.15, 0.2) is 0 Å². The molecule has 0 aliphatic carbocycles. The third-order valence-electron chi connectivity index (χ3n) is 12.6. The van der Waals surface area contributed by atoms with Crippen molar-refractivity contribution in [1.82, 2.24) is 0 Å². The number of rotatable bonds is 36. The van der Waals surface area contributed by atoms with Gasteiger partial charge in [-0.1, -0.05) is 82.8 Å². The molecule has 2 unspecified atom stereocenters. The predicted molar refractivity (Wildman–Crippen MR) is 320 cm³/mol. The number of hydrogen-bond acceptors (Lipinski definition) is 19. The van der Waals surface area contributed by atoms with E-state index in [-0.39, 0.29) is 50.2 Å². The summed E-state index contributed by atoms with van der Waals surface area (Å²) >= 11 is 0. The quantitative estimate of drug-likeness (QED) is 0.0117. The largest absolute Gasteiger partial charge is 0.497 e. The van der Waals surface area contributed by atoms with Crippen LogP contribution in [0, 0.1) is 11.8 Å². The number of ether oxygens (including phenoxy) is 13. The molecule has 458 valence electrons. The lowest BCUT2D eigenvalue weighted by atomic mass is 10.0. The number of methoxy groups -OCH3 is 1. The highest BCUT2D eigenvalue weighted by Crippen LogP contribution is 2.27. The fourth-order valence-corrected chi connectivity index (χ4v) is 7.24. The van der Waals surface area contributed by atoms with Crippen molar-refractivity contribution in [2.75, 3.05) is 99.6 Å². The van der Waals surface area contributed by atoms with Gasteiger partial charge in [0, 0.05) is 6.08 Å². The maximum Gasteiger partial charge on any atom is 0.343 e. The maximum absolute atomic E-state index is 12.6. The molecule has 2 atom stereocenters.